The molecule has 4 rings (SSSR count). The van der Waals surface area contributed by atoms with Gasteiger partial charge in [0.2, 0.25) is 0 Å². The minimum absolute atomic E-state index is 0.0337. The Morgan fingerprint density at radius 1 is 1.00 bits per heavy atom. The van der Waals surface area contributed by atoms with Crippen LogP contribution in [0.2, 0.25) is 0 Å². The van der Waals surface area contributed by atoms with Crippen molar-refractivity contribution in [2.24, 2.45) is 7.05 Å². The van der Waals surface area contributed by atoms with Gasteiger partial charge in [-0.1, -0.05) is 0 Å². The molecule has 1 aromatic carbocycles. The van der Waals surface area contributed by atoms with Gasteiger partial charge in [-0.25, -0.2) is 4.98 Å². The zero-order valence-corrected chi connectivity index (χ0v) is 15.7. The van der Waals surface area contributed by atoms with E-state index in [2.05, 4.69) is 4.98 Å². The summed E-state index contributed by atoms with van der Waals surface area (Å²) < 4.78 is 7.30. The molecule has 2 amide bonds. The van der Waals surface area contributed by atoms with E-state index in [1.807, 2.05) is 36.4 Å². The second-order valence-electron chi connectivity index (χ2n) is 6.96. The molecule has 0 saturated carbocycles. The standard InChI is InChI=1S/C20H22N4O3/c1-13-10-16(14(2)22(13)3)20(26)24-8-6-23(7-9-24)19(25)15-4-5-17-18(11-15)27-12-21-17/h4-5,10-12H,6-9H2,1-3H3. The summed E-state index contributed by atoms with van der Waals surface area (Å²) in [5.74, 6) is -0.0153. The van der Waals surface area contributed by atoms with Crippen LogP contribution in [0.5, 0.6) is 0 Å². The number of rotatable bonds is 2. The number of benzene rings is 1. The van der Waals surface area contributed by atoms with E-state index in [9.17, 15) is 9.59 Å². The van der Waals surface area contributed by atoms with Crippen LogP contribution in [0.4, 0.5) is 0 Å². The summed E-state index contributed by atoms with van der Waals surface area (Å²) in [6.07, 6.45) is 1.37. The van der Waals surface area contributed by atoms with Crippen LogP contribution in [0, 0.1) is 13.8 Å². The molecule has 140 valence electrons. The molecular formula is C20H22N4O3. The lowest BCUT2D eigenvalue weighted by Gasteiger charge is -2.34. The fourth-order valence-electron chi connectivity index (χ4n) is 3.53. The molecule has 0 spiro atoms. The molecule has 0 bridgehead atoms. The topological polar surface area (TPSA) is 71.6 Å². The first kappa shape index (κ1) is 17.3. The fraction of sp³-hybridized carbons (Fsp3) is 0.350. The molecule has 2 aromatic heterocycles. The van der Waals surface area contributed by atoms with Crippen LogP contribution >= 0.6 is 0 Å². The van der Waals surface area contributed by atoms with E-state index in [0.29, 0.717) is 37.3 Å². The largest absolute Gasteiger partial charge is 0.443 e. The molecule has 3 aromatic rings. The summed E-state index contributed by atoms with van der Waals surface area (Å²) in [4.78, 5) is 33.3. The van der Waals surface area contributed by atoms with Crippen LogP contribution in [0.1, 0.15) is 32.1 Å². The highest BCUT2D eigenvalue weighted by Crippen LogP contribution is 2.19. The van der Waals surface area contributed by atoms with Gasteiger partial charge >= 0.3 is 0 Å². The molecule has 7 heteroatoms. The Balaban J connectivity index is 1.44. The Hall–Kier alpha value is -3.09. The summed E-state index contributed by atoms with van der Waals surface area (Å²) in [6, 6.07) is 7.20. The van der Waals surface area contributed by atoms with Gasteiger partial charge in [0, 0.05) is 50.2 Å². The van der Waals surface area contributed by atoms with Crippen LogP contribution in [0.15, 0.2) is 35.1 Å². The number of piperazine rings is 1. The number of hydrogen-bond donors (Lipinski definition) is 0. The van der Waals surface area contributed by atoms with Crippen molar-refractivity contribution in [2.45, 2.75) is 13.8 Å². The minimum atomic E-state index is -0.0489. The van der Waals surface area contributed by atoms with Crippen LogP contribution in [0.3, 0.4) is 0 Å². The molecule has 27 heavy (non-hydrogen) atoms. The van der Waals surface area contributed by atoms with E-state index in [1.54, 1.807) is 23.1 Å². The van der Waals surface area contributed by atoms with Crippen molar-refractivity contribution in [3.63, 3.8) is 0 Å². The molecule has 0 radical (unpaired) electrons. The summed E-state index contributed by atoms with van der Waals surface area (Å²) in [5.41, 5.74) is 4.68. The molecule has 0 unspecified atom stereocenters. The number of fused-ring (bicyclic) bond motifs is 1. The van der Waals surface area contributed by atoms with Gasteiger partial charge in [-0.2, -0.15) is 0 Å². The van der Waals surface area contributed by atoms with Crippen molar-refractivity contribution in [1.82, 2.24) is 19.4 Å². The maximum atomic E-state index is 12.8. The molecule has 0 N–H and O–H groups in total. The van der Waals surface area contributed by atoms with Gasteiger partial charge in [0.1, 0.15) is 5.52 Å². The maximum absolute atomic E-state index is 12.8. The van der Waals surface area contributed by atoms with Gasteiger partial charge in [-0.15, -0.1) is 0 Å². The van der Waals surface area contributed by atoms with Gasteiger partial charge in [0.05, 0.1) is 5.56 Å². The van der Waals surface area contributed by atoms with Gasteiger partial charge in [0.15, 0.2) is 12.0 Å². The van der Waals surface area contributed by atoms with Crippen LogP contribution in [-0.4, -0.2) is 57.3 Å². The van der Waals surface area contributed by atoms with Crippen molar-refractivity contribution in [3.8, 4) is 0 Å². The Morgan fingerprint density at radius 3 is 2.30 bits per heavy atom. The molecule has 7 nitrogen and oxygen atoms in total. The van der Waals surface area contributed by atoms with E-state index in [-0.39, 0.29) is 11.8 Å². The normalized spacial score (nSPS) is 14.8. The lowest BCUT2D eigenvalue weighted by atomic mass is 10.1. The van der Waals surface area contributed by atoms with E-state index in [4.69, 9.17) is 4.42 Å². The zero-order valence-electron chi connectivity index (χ0n) is 15.7. The van der Waals surface area contributed by atoms with Gasteiger partial charge < -0.3 is 18.8 Å². The van der Waals surface area contributed by atoms with E-state index < -0.39 is 0 Å². The molecule has 1 aliphatic heterocycles. The molecule has 1 fully saturated rings. The summed E-state index contributed by atoms with van der Waals surface area (Å²) in [7, 11) is 1.96. The molecule has 0 aliphatic carbocycles. The number of amides is 2. The van der Waals surface area contributed by atoms with Crippen molar-refractivity contribution in [1.29, 1.82) is 0 Å². The van der Waals surface area contributed by atoms with Crippen LogP contribution < -0.4 is 0 Å². The smallest absolute Gasteiger partial charge is 0.255 e. The fourth-order valence-corrected chi connectivity index (χ4v) is 3.53. The van der Waals surface area contributed by atoms with Crippen molar-refractivity contribution in [2.75, 3.05) is 26.2 Å². The van der Waals surface area contributed by atoms with Gasteiger partial charge in [-0.3, -0.25) is 9.59 Å². The van der Waals surface area contributed by atoms with E-state index in [0.717, 1.165) is 22.5 Å². The Labute approximate surface area is 157 Å². The third-order valence-corrected chi connectivity index (χ3v) is 5.44. The zero-order chi connectivity index (χ0) is 19.1. The average Bonchev–Trinajstić information content (AvgIpc) is 3.26. The third-order valence-electron chi connectivity index (χ3n) is 5.44. The molecule has 1 saturated heterocycles. The van der Waals surface area contributed by atoms with Crippen LogP contribution in [-0.2, 0) is 7.05 Å². The first-order valence-electron chi connectivity index (χ1n) is 9.00. The highest BCUT2D eigenvalue weighted by molar-refractivity contribution is 5.98. The van der Waals surface area contributed by atoms with Crippen LogP contribution in [0.25, 0.3) is 11.1 Å². The third kappa shape index (κ3) is 2.99. The molecule has 3 heterocycles. The number of oxazole rings is 1. The average molecular weight is 366 g/mol. The van der Waals surface area contributed by atoms with E-state index in [1.165, 1.54) is 6.39 Å². The first-order chi connectivity index (χ1) is 13.0. The highest BCUT2D eigenvalue weighted by Gasteiger charge is 2.27. The monoisotopic (exact) mass is 366 g/mol. The molecular weight excluding hydrogens is 344 g/mol. The van der Waals surface area contributed by atoms with Crippen molar-refractivity contribution < 1.29 is 14.0 Å². The number of hydrogen-bond acceptors (Lipinski definition) is 4. The van der Waals surface area contributed by atoms with Gasteiger partial charge in [-0.05, 0) is 38.1 Å². The first-order valence-corrected chi connectivity index (χ1v) is 9.00. The van der Waals surface area contributed by atoms with Gasteiger partial charge in [0.25, 0.3) is 11.8 Å². The minimum Gasteiger partial charge on any atom is -0.443 e. The number of carbonyl (C=O) groups excluding carboxylic acids is 2. The Kier molecular flexibility index (Phi) is 4.22. The number of aromatic nitrogens is 2. The Bertz CT molecular complexity index is 1030. The second-order valence-corrected chi connectivity index (χ2v) is 6.96. The Morgan fingerprint density at radius 2 is 1.67 bits per heavy atom. The highest BCUT2D eigenvalue weighted by atomic mass is 16.3. The van der Waals surface area contributed by atoms with Crippen molar-refractivity contribution >= 4 is 22.9 Å². The number of carbonyl (C=O) groups is 2. The predicted octanol–water partition coefficient (Wildman–Crippen LogP) is 2.38. The summed E-state index contributed by atoms with van der Waals surface area (Å²) in [6.45, 7) is 6.05. The summed E-state index contributed by atoms with van der Waals surface area (Å²) >= 11 is 0. The number of aryl methyl sites for hydroxylation is 1. The SMILES string of the molecule is Cc1cc(C(=O)N2CCN(C(=O)c3ccc4ncoc4c3)CC2)c(C)n1C. The lowest BCUT2D eigenvalue weighted by Crippen LogP contribution is -2.50. The molecule has 0 atom stereocenters. The summed E-state index contributed by atoms with van der Waals surface area (Å²) in [5, 5.41) is 0. The second kappa shape index (κ2) is 6.57. The van der Waals surface area contributed by atoms with E-state index >= 15 is 0 Å². The maximum Gasteiger partial charge on any atom is 0.255 e. The quantitative estimate of drug-likeness (QED) is 0.698. The predicted molar refractivity (Wildman–Crippen MR) is 101 cm³/mol. The van der Waals surface area contributed by atoms with Crippen molar-refractivity contribution in [3.05, 3.63) is 53.2 Å². The lowest BCUT2D eigenvalue weighted by molar-refractivity contribution is 0.0535. The number of nitrogens with zero attached hydrogens (tertiary/aromatic N) is 4. The molecule has 1 aliphatic rings.